The molecule has 2 heterocycles. The lowest BCUT2D eigenvalue weighted by Gasteiger charge is -2.04. The number of aldehydes is 1. The van der Waals surface area contributed by atoms with Crippen LogP contribution in [-0.4, -0.2) is 21.5 Å². The Kier molecular flexibility index (Phi) is 3.37. The number of carbonyl (C=O) groups excluding carboxylic acids is 1. The van der Waals surface area contributed by atoms with Gasteiger partial charge in [-0.15, -0.1) is 0 Å². The van der Waals surface area contributed by atoms with Gasteiger partial charge in [-0.1, -0.05) is 30.3 Å². The van der Waals surface area contributed by atoms with Crippen molar-refractivity contribution in [3.63, 3.8) is 0 Å². The number of rotatable bonds is 4. The number of pyridine rings is 1. The smallest absolute Gasteiger partial charge is 0.125 e. The van der Waals surface area contributed by atoms with Crippen LogP contribution in [0.2, 0.25) is 0 Å². The van der Waals surface area contributed by atoms with Crippen molar-refractivity contribution in [2.45, 2.75) is 6.42 Å². The molecule has 0 aliphatic rings. The van der Waals surface area contributed by atoms with E-state index >= 15 is 0 Å². The number of carbonyl (C=O) groups is 1. The van der Waals surface area contributed by atoms with Crippen LogP contribution in [0.15, 0.2) is 54.9 Å². The van der Waals surface area contributed by atoms with E-state index in [2.05, 4.69) is 15.2 Å². The molecule has 0 saturated heterocycles. The largest absolute Gasteiger partial charge is 0.303 e. The Morgan fingerprint density at radius 3 is 2.45 bits per heavy atom. The summed E-state index contributed by atoms with van der Waals surface area (Å²) in [6.45, 7) is 0. The lowest BCUT2D eigenvalue weighted by Crippen LogP contribution is -1.90. The van der Waals surface area contributed by atoms with Crippen molar-refractivity contribution in [3.8, 4) is 22.4 Å². The van der Waals surface area contributed by atoms with E-state index in [9.17, 15) is 4.79 Å². The Balaban J connectivity index is 2.19. The van der Waals surface area contributed by atoms with Crippen molar-refractivity contribution < 1.29 is 4.79 Å². The molecule has 3 rings (SSSR count). The molecule has 20 heavy (non-hydrogen) atoms. The molecular weight excluding hydrogens is 250 g/mol. The van der Waals surface area contributed by atoms with Crippen molar-refractivity contribution in [2.24, 2.45) is 0 Å². The molecule has 0 atom stereocenters. The standard InChI is InChI=1S/C16H13N3O/c20-11-8-14-15(12-6-9-17-10-7-12)16(19-18-14)13-4-2-1-3-5-13/h1-7,9-11H,8H2,(H,18,19). The molecule has 2 aromatic heterocycles. The predicted molar refractivity (Wildman–Crippen MR) is 77.0 cm³/mol. The highest BCUT2D eigenvalue weighted by Crippen LogP contribution is 2.32. The number of hydrogen-bond donors (Lipinski definition) is 1. The topological polar surface area (TPSA) is 58.6 Å². The van der Waals surface area contributed by atoms with E-state index in [0.717, 1.165) is 34.4 Å². The number of benzene rings is 1. The third-order valence-electron chi connectivity index (χ3n) is 3.14. The zero-order chi connectivity index (χ0) is 13.8. The molecule has 0 unspecified atom stereocenters. The van der Waals surface area contributed by atoms with E-state index < -0.39 is 0 Å². The molecule has 98 valence electrons. The summed E-state index contributed by atoms with van der Waals surface area (Å²) in [5.41, 5.74) is 4.67. The number of hydrogen-bond acceptors (Lipinski definition) is 3. The minimum Gasteiger partial charge on any atom is -0.303 e. The van der Waals surface area contributed by atoms with Crippen molar-refractivity contribution in [1.82, 2.24) is 15.2 Å². The van der Waals surface area contributed by atoms with Crippen LogP contribution in [0, 0.1) is 0 Å². The predicted octanol–water partition coefficient (Wildman–Crippen LogP) is 2.88. The maximum absolute atomic E-state index is 10.8. The lowest BCUT2D eigenvalue weighted by molar-refractivity contribution is -0.107. The number of aromatic nitrogens is 3. The van der Waals surface area contributed by atoms with E-state index in [0.29, 0.717) is 6.42 Å². The number of nitrogens with zero attached hydrogens (tertiary/aromatic N) is 2. The van der Waals surface area contributed by atoms with Crippen molar-refractivity contribution in [2.75, 3.05) is 0 Å². The number of H-pyrrole nitrogens is 1. The average molecular weight is 263 g/mol. The molecule has 1 aromatic carbocycles. The summed E-state index contributed by atoms with van der Waals surface area (Å²) in [5.74, 6) is 0. The van der Waals surface area contributed by atoms with Crippen LogP contribution >= 0.6 is 0 Å². The molecule has 0 saturated carbocycles. The third kappa shape index (κ3) is 2.23. The molecule has 0 fully saturated rings. The second-order valence-corrected chi connectivity index (χ2v) is 4.40. The fourth-order valence-corrected chi connectivity index (χ4v) is 2.24. The first-order valence-corrected chi connectivity index (χ1v) is 6.37. The van der Waals surface area contributed by atoms with Gasteiger partial charge in [0.2, 0.25) is 0 Å². The first kappa shape index (κ1) is 12.3. The Morgan fingerprint density at radius 1 is 1.00 bits per heavy atom. The van der Waals surface area contributed by atoms with Gasteiger partial charge in [-0.3, -0.25) is 10.1 Å². The summed E-state index contributed by atoms with van der Waals surface area (Å²) in [6, 6.07) is 13.8. The maximum atomic E-state index is 10.8. The van der Waals surface area contributed by atoms with Crippen LogP contribution in [0.25, 0.3) is 22.4 Å². The Morgan fingerprint density at radius 2 is 1.75 bits per heavy atom. The van der Waals surface area contributed by atoms with Gasteiger partial charge < -0.3 is 4.79 Å². The van der Waals surface area contributed by atoms with E-state index in [1.165, 1.54) is 0 Å². The summed E-state index contributed by atoms with van der Waals surface area (Å²) in [5, 5.41) is 7.35. The fourth-order valence-electron chi connectivity index (χ4n) is 2.24. The van der Waals surface area contributed by atoms with Crippen molar-refractivity contribution in [3.05, 3.63) is 60.6 Å². The Bertz CT molecular complexity index is 705. The van der Waals surface area contributed by atoms with Gasteiger partial charge in [0, 0.05) is 29.9 Å². The second kappa shape index (κ2) is 5.48. The first-order chi connectivity index (χ1) is 9.90. The van der Waals surface area contributed by atoms with Gasteiger partial charge in [-0.05, 0) is 17.7 Å². The minimum atomic E-state index is 0.317. The SMILES string of the molecule is O=CCc1[nH]nc(-c2ccccc2)c1-c1ccncc1. The van der Waals surface area contributed by atoms with Crippen LogP contribution in [0.3, 0.4) is 0 Å². The molecule has 0 aliphatic carbocycles. The highest BCUT2D eigenvalue weighted by Gasteiger charge is 2.15. The molecule has 0 radical (unpaired) electrons. The lowest BCUT2D eigenvalue weighted by atomic mass is 9.99. The quantitative estimate of drug-likeness (QED) is 0.736. The summed E-state index contributed by atoms with van der Waals surface area (Å²) in [4.78, 5) is 14.9. The zero-order valence-electron chi connectivity index (χ0n) is 10.8. The highest BCUT2D eigenvalue weighted by molar-refractivity contribution is 5.83. The minimum absolute atomic E-state index is 0.317. The fraction of sp³-hybridized carbons (Fsp3) is 0.0625. The van der Waals surface area contributed by atoms with Gasteiger partial charge in [0.25, 0.3) is 0 Å². The number of nitrogens with one attached hydrogen (secondary N) is 1. The van der Waals surface area contributed by atoms with E-state index in [1.54, 1.807) is 12.4 Å². The van der Waals surface area contributed by atoms with E-state index in [1.807, 2.05) is 42.5 Å². The first-order valence-electron chi connectivity index (χ1n) is 6.37. The third-order valence-corrected chi connectivity index (χ3v) is 3.14. The average Bonchev–Trinajstić information content (AvgIpc) is 2.93. The van der Waals surface area contributed by atoms with Gasteiger partial charge >= 0.3 is 0 Å². The molecule has 4 nitrogen and oxygen atoms in total. The van der Waals surface area contributed by atoms with E-state index in [-0.39, 0.29) is 0 Å². The normalized spacial score (nSPS) is 10.4. The molecular formula is C16H13N3O. The Labute approximate surface area is 116 Å². The molecule has 0 aliphatic heterocycles. The van der Waals surface area contributed by atoms with Crippen molar-refractivity contribution >= 4 is 6.29 Å². The van der Waals surface area contributed by atoms with Crippen LogP contribution in [0.5, 0.6) is 0 Å². The molecule has 3 aromatic rings. The summed E-state index contributed by atoms with van der Waals surface area (Å²) < 4.78 is 0. The molecule has 0 amide bonds. The molecule has 0 spiro atoms. The molecule has 4 heteroatoms. The van der Waals surface area contributed by atoms with Gasteiger partial charge in [0.05, 0.1) is 5.69 Å². The highest BCUT2D eigenvalue weighted by atomic mass is 16.1. The second-order valence-electron chi connectivity index (χ2n) is 4.40. The van der Waals surface area contributed by atoms with Gasteiger partial charge in [0.1, 0.15) is 12.0 Å². The van der Waals surface area contributed by atoms with Gasteiger partial charge in [-0.25, -0.2) is 0 Å². The van der Waals surface area contributed by atoms with Gasteiger partial charge in [0.15, 0.2) is 0 Å². The Hall–Kier alpha value is -2.75. The van der Waals surface area contributed by atoms with Crippen LogP contribution in [0.4, 0.5) is 0 Å². The monoisotopic (exact) mass is 263 g/mol. The molecule has 0 bridgehead atoms. The van der Waals surface area contributed by atoms with E-state index in [4.69, 9.17) is 0 Å². The summed E-state index contributed by atoms with van der Waals surface area (Å²) in [7, 11) is 0. The van der Waals surface area contributed by atoms with Crippen LogP contribution in [-0.2, 0) is 11.2 Å². The van der Waals surface area contributed by atoms with Crippen LogP contribution < -0.4 is 0 Å². The number of aromatic amines is 1. The maximum Gasteiger partial charge on any atom is 0.125 e. The van der Waals surface area contributed by atoms with Crippen molar-refractivity contribution in [1.29, 1.82) is 0 Å². The zero-order valence-corrected chi connectivity index (χ0v) is 10.8. The summed E-state index contributed by atoms with van der Waals surface area (Å²) in [6.07, 6.45) is 4.67. The van der Waals surface area contributed by atoms with Gasteiger partial charge in [-0.2, -0.15) is 5.10 Å². The van der Waals surface area contributed by atoms with Crippen LogP contribution in [0.1, 0.15) is 5.69 Å². The summed E-state index contributed by atoms with van der Waals surface area (Å²) >= 11 is 0. The molecule has 1 N–H and O–H groups in total.